The summed E-state index contributed by atoms with van der Waals surface area (Å²) in [4.78, 5) is 11.8. The van der Waals surface area contributed by atoms with E-state index in [1.54, 1.807) is 0 Å². The van der Waals surface area contributed by atoms with E-state index in [-0.39, 0.29) is 5.78 Å². The zero-order chi connectivity index (χ0) is 14.5. The summed E-state index contributed by atoms with van der Waals surface area (Å²) in [7, 11) is 0. The van der Waals surface area contributed by atoms with Gasteiger partial charge in [-0.15, -0.1) is 0 Å². The number of aromatic nitrogens is 1. The number of nitriles is 1. The third kappa shape index (κ3) is 3.16. The van der Waals surface area contributed by atoms with Crippen molar-refractivity contribution in [3.63, 3.8) is 0 Å². The molecule has 1 aromatic carbocycles. The lowest BCUT2D eigenvalue weighted by molar-refractivity contribution is 0.0981. The maximum atomic E-state index is 11.8. The Labute approximate surface area is 119 Å². The van der Waals surface area contributed by atoms with Crippen LogP contribution in [0, 0.1) is 18.3 Å². The van der Waals surface area contributed by atoms with Crippen LogP contribution in [-0.4, -0.2) is 10.4 Å². The minimum absolute atomic E-state index is 0.197. The SMILES string of the molecule is CCCC(=O)c1ccn(Cc2ccc(C#N)cc2C)c1. The van der Waals surface area contributed by atoms with Gasteiger partial charge in [-0.05, 0) is 42.7 Å². The van der Waals surface area contributed by atoms with Gasteiger partial charge in [0, 0.05) is 30.9 Å². The van der Waals surface area contributed by atoms with Gasteiger partial charge in [0.1, 0.15) is 0 Å². The Kier molecular flexibility index (Phi) is 4.37. The number of rotatable bonds is 5. The predicted octanol–water partition coefficient (Wildman–Crippen LogP) is 3.70. The monoisotopic (exact) mass is 266 g/mol. The van der Waals surface area contributed by atoms with Gasteiger partial charge in [-0.25, -0.2) is 0 Å². The van der Waals surface area contributed by atoms with Crippen molar-refractivity contribution in [3.8, 4) is 6.07 Å². The van der Waals surface area contributed by atoms with E-state index in [0.717, 1.165) is 29.7 Å². The van der Waals surface area contributed by atoms with Crippen molar-refractivity contribution in [2.75, 3.05) is 0 Å². The van der Waals surface area contributed by atoms with E-state index in [4.69, 9.17) is 5.26 Å². The highest BCUT2D eigenvalue weighted by atomic mass is 16.1. The number of hydrogen-bond donors (Lipinski definition) is 0. The summed E-state index contributed by atoms with van der Waals surface area (Å²) in [5, 5.41) is 8.86. The topological polar surface area (TPSA) is 45.8 Å². The highest BCUT2D eigenvalue weighted by Crippen LogP contribution is 2.14. The molecule has 3 heteroatoms. The fourth-order valence-corrected chi connectivity index (χ4v) is 2.21. The second-order valence-electron chi connectivity index (χ2n) is 5.00. The number of Topliss-reactive ketones (excluding diaryl/α,β-unsaturated/α-hetero) is 1. The molecule has 1 aromatic heterocycles. The van der Waals surface area contributed by atoms with E-state index in [9.17, 15) is 4.79 Å². The maximum Gasteiger partial charge on any atom is 0.164 e. The normalized spacial score (nSPS) is 10.2. The van der Waals surface area contributed by atoms with Gasteiger partial charge in [0.15, 0.2) is 5.78 Å². The van der Waals surface area contributed by atoms with Gasteiger partial charge in [-0.3, -0.25) is 4.79 Å². The van der Waals surface area contributed by atoms with E-state index in [2.05, 4.69) is 6.07 Å². The van der Waals surface area contributed by atoms with Crippen molar-refractivity contribution in [2.24, 2.45) is 0 Å². The number of carbonyl (C=O) groups is 1. The molecule has 2 aromatic rings. The molecule has 0 saturated carbocycles. The standard InChI is InChI=1S/C17H18N2O/c1-3-4-17(20)16-7-8-19(12-16)11-15-6-5-14(10-18)9-13(15)2/h5-9,12H,3-4,11H2,1-2H3. The zero-order valence-electron chi connectivity index (χ0n) is 11.9. The van der Waals surface area contributed by atoms with Crippen molar-refractivity contribution in [1.29, 1.82) is 5.26 Å². The lowest BCUT2D eigenvalue weighted by Gasteiger charge is -2.07. The number of carbonyl (C=O) groups excluding carboxylic acids is 1. The molecule has 0 fully saturated rings. The van der Waals surface area contributed by atoms with Gasteiger partial charge in [-0.2, -0.15) is 5.26 Å². The molecule has 0 aliphatic rings. The van der Waals surface area contributed by atoms with Crippen molar-refractivity contribution in [3.05, 3.63) is 58.9 Å². The van der Waals surface area contributed by atoms with Crippen molar-refractivity contribution in [1.82, 2.24) is 4.57 Å². The molecule has 102 valence electrons. The van der Waals surface area contributed by atoms with Gasteiger partial charge in [-0.1, -0.05) is 13.0 Å². The lowest BCUT2D eigenvalue weighted by Crippen LogP contribution is -2.00. The van der Waals surface area contributed by atoms with Gasteiger partial charge < -0.3 is 4.57 Å². The van der Waals surface area contributed by atoms with Crippen LogP contribution in [0.2, 0.25) is 0 Å². The number of aryl methyl sites for hydroxylation is 1. The summed E-state index contributed by atoms with van der Waals surface area (Å²) in [6, 6.07) is 9.71. The Morgan fingerprint density at radius 3 is 2.80 bits per heavy atom. The highest BCUT2D eigenvalue weighted by molar-refractivity contribution is 5.95. The largest absolute Gasteiger partial charge is 0.349 e. The Hall–Kier alpha value is -2.34. The van der Waals surface area contributed by atoms with Crippen LogP contribution < -0.4 is 0 Å². The fourth-order valence-electron chi connectivity index (χ4n) is 2.21. The Morgan fingerprint density at radius 2 is 2.15 bits per heavy atom. The molecule has 0 unspecified atom stereocenters. The molecule has 0 radical (unpaired) electrons. The maximum absolute atomic E-state index is 11.8. The van der Waals surface area contributed by atoms with E-state index < -0.39 is 0 Å². The third-order valence-corrected chi connectivity index (χ3v) is 3.37. The molecule has 0 spiro atoms. The van der Waals surface area contributed by atoms with Gasteiger partial charge in [0.25, 0.3) is 0 Å². The minimum atomic E-state index is 0.197. The molecule has 0 bridgehead atoms. The van der Waals surface area contributed by atoms with Crippen molar-refractivity contribution in [2.45, 2.75) is 33.2 Å². The van der Waals surface area contributed by atoms with Crippen LogP contribution in [-0.2, 0) is 6.54 Å². The fraction of sp³-hybridized carbons (Fsp3) is 0.294. The van der Waals surface area contributed by atoms with E-state index in [0.29, 0.717) is 12.0 Å². The average Bonchev–Trinajstić information content (AvgIpc) is 2.90. The second kappa shape index (κ2) is 6.21. The molecule has 2 rings (SSSR count). The van der Waals surface area contributed by atoms with Crippen LogP contribution in [0.4, 0.5) is 0 Å². The molecular weight excluding hydrogens is 248 g/mol. The van der Waals surface area contributed by atoms with E-state index in [1.165, 1.54) is 0 Å². The summed E-state index contributed by atoms with van der Waals surface area (Å²) in [5.74, 6) is 0.197. The number of nitrogens with zero attached hydrogens (tertiary/aromatic N) is 2. The Balaban J connectivity index is 2.15. The molecule has 0 atom stereocenters. The molecule has 0 saturated heterocycles. The van der Waals surface area contributed by atoms with Crippen LogP contribution in [0.15, 0.2) is 36.7 Å². The first kappa shape index (κ1) is 14.1. The molecule has 0 aliphatic carbocycles. The van der Waals surface area contributed by atoms with Crippen LogP contribution in [0.25, 0.3) is 0 Å². The minimum Gasteiger partial charge on any atom is -0.349 e. The van der Waals surface area contributed by atoms with Crippen LogP contribution in [0.3, 0.4) is 0 Å². The van der Waals surface area contributed by atoms with Crippen LogP contribution in [0.1, 0.15) is 46.8 Å². The first-order chi connectivity index (χ1) is 9.63. The quantitative estimate of drug-likeness (QED) is 0.775. The van der Waals surface area contributed by atoms with Crippen molar-refractivity contribution < 1.29 is 4.79 Å². The Morgan fingerprint density at radius 1 is 1.35 bits per heavy atom. The van der Waals surface area contributed by atoms with E-state index >= 15 is 0 Å². The van der Waals surface area contributed by atoms with Crippen molar-refractivity contribution >= 4 is 5.78 Å². The van der Waals surface area contributed by atoms with Crippen LogP contribution >= 0.6 is 0 Å². The molecule has 1 heterocycles. The molecule has 0 amide bonds. The third-order valence-electron chi connectivity index (χ3n) is 3.37. The van der Waals surface area contributed by atoms with Gasteiger partial charge in [0.2, 0.25) is 0 Å². The average molecular weight is 266 g/mol. The first-order valence-corrected chi connectivity index (χ1v) is 6.82. The number of ketones is 1. The molecule has 20 heavy (non-hydrogen) atoms. The number of hydrogen-bond acceptors (Lipinski definition) is 2. The highest BCUT2D eigenvalue weighted by Gasteiger charge is 2.07. The lowest BCUT2D eigenvalue weighted by atomic mass is 10.1. The zero-order valence-corrected chi connectivity index (χ0v) is 11.9. The smallest absolute Gasteiger partial charge is 0.164 e. The van der Waals surface area contributed by atoms with Gasteiger partial charge in [0.05, 0.1) is 11.6 Å². The predicted molar refractivity (Wildman–Crippen MR) is 78.7 cm³/mol. The number of benzene rings is 1. The molecule has 0 N–H and O–H groups in total. The molecule has 3 nitrogen and oxygen atoms in total. The van der Waals surface area contributed by atoms with E-state index in [1.807, 2.05) is 55.1 Å². The molecular formula is C17H18N2O. The second-order valence-corrected chi connectivity index (χ2v) is 5.00. The summed E-state index contributed by atoms with van der Waals surface area (Å²) in [5.41, 5.74) is 3.71. The molecule has 0 aliphatic heterocycles. The summed E-state index contributed by atoms with van der Waals surface area (Å²) < 4.78 is 2.01. The summed E-state index contributed by atoms with van der Waals surface area (Å²) in [6.45, 7) is 4.73. The summed E-state index contributed by atoms with van der Waals surface area (Å²) in [6.07, 6.45) is 5.30. The van der Waals surface area contributed by atoms with Crippen LogP contribution in [0.5, 0.6) is 0 Å². The Bertz CT molecular complexity index is 662. The van der Waals surface area contributed by atoms with Gasteiger partial charge >= 0.3 is 0 Å². The first-order valence-electron chi connectivity index (χ1n) is 6.82. The summed E-state index contributed by atoms with van der Waals surface area (Å²) >= 11 is 0.